The lowest BCUT2D eigenvalue weighted by Crippen LogP contribution is -2.45. The molecule has 0 bridgehead atoms. The summed E-state index contributed by atoms with van der Waals surface area (Å²) in [5.41, 5.74) is 6.81. The molecule has 0 fully saturated rings. The van der Waals surface area contributed by atoms with E-state index in [4.69, 9.17) is 5.73 Å². The lowest BCUT2D eigenvalue weighted by molar-refractivity contribution is -0.122. The van der Waals surface area contributed by atoms with Crippen molar-refractivity contribution in [1.82, 2.24) is 5.32 Å². The van der Waals surface area contributed by atoms with Crippen LogP contribution in [0.2, 0.25) is 0 Å². The fraction of sp³-hybridized carbons (Fsp3) is 0.562. The van der Waals surface area contributed by atoms with Gasteiger partial charge in [-0.25, -0.2) is 0 Å². The fourth-order valence-electron chi connectivity index (χ4n) is 1.97. The number of nitrogens with one attached hydrogen (secondary N) is 1. The van der Waals surface area contributed by atoms with Gasteiger partial charge in [0.05, 0.1) is 0 Å². The largest absolute Gasteiger partial charge is 0.353 e. The van der Waals surface area contributed by atoms with E-state index in [2.05, 4.69) is 38.2 Å². The van der Waals surface area contributed by atoms with Crippen molar-refractivity contribution < 1.29 is 4.79 Å². The van der Waals surface area contributed by atoms with Gasteiger partial charge in [-0.2, -0.15) is 0 Å². The predicted octanol–water partition coefficient (Wildman–Crippen LogP) is 2.60. The first-order valence-corrected chi connectivity index (χ1v) is 6.94. The molecule has 0 saturated heterocycles. The van der Waals surface area contributed by atoms with Gasteiger partial charge in [0.15, 0.2) is 0 Å². The van der Waals surface area contributed by atoms with Crippen molar-refractivity contribution in [2.45, 2.75) is 58.0 Å². The first kappa shape index (κ1) is 15.7. The first-order valence-electron chi connectivity index (χ1n) is 6.94. The highest BCUT2D eigenvalue weighted by Gasteiger charge is 2.28. The quantitative estimate of drug-likeness (QED) is 0.828. The molecule has 1 rings (SSSR count). The molecule has 0 saturated carbocycles. The van der Waals surface area contributed by atoms with Crippen LogP contribution in [0.15, 0.2) is 30.3 Å². The van der Waals surface area contributed by atoms with Gasteiger partial charge in [-0.15, -0.1) is 0 Å². The van der Waals surface area contributed by atoms with E-state index in [1.54, 1.807) is 0 Å². The van der Waals surface area contributed by atoms with E-state index >= 15 is 0 Å². The van der Waals surface area contributed by atoms with Gasteiger partial charge < -0.3 is 11.1 Å². The molecule has 1 amide bonds. The van der Waals surface area contributed by atoms with Crippen LogP contribution in [-0.4, -0.2) is 18.0 Å². The number of carbonyl (C=O) groups excluding carboxylic acids is 1. The van der Waals surface area contributed by atoms with E-state index in [-0.39, 0.29) is 23.4 Å². The van der Waals surface area contributed by atoms with E-state index in [1.165, 1.54) is 5.56 Å². The van der Waals surface area contributed by atoms with Crippen LogP contribution >= 0.6 is 0 Å². The smallest absolute Gasteiger partial charge is 0.220 e. The SMILES string of the molecule is CC(N)CCC(=O)NC(C)C(C)(C)c1ccccc1. The Morgan fingerprint density at radius 2 is 1.84 bits per heavy atom. The van der Waals surface area contributed by atoms with Crippen molar-refractivity contribution in [2.75, 3.05) is 0 Å². The molecule has 2 atom stereocenters. The third-order valence-corrected chi connectivity index (χ3v) is 3.80. The molecule has 0 aliphatic carbocycles. The van der Waals surface area contributed by atoms with Gasteiger partial charge in [-0.05, 0) is 25.8 Å². The summed E-state index contributed by atoms with van der Waals surface area (Å²) < 4.78 is 0. The lowest BCUT2D eigenvalue weighted by atomic mass is 9.78. The second-order valence-electron chi connectivity index (χ2n) is 5.89. The van der Waals surface area contributed by atoms with E-state index in [0.717, 1.165) is 6.42 Å². The van der Waals surface area contributed by atoms with Crippen LogP contribution < -0.4 is 11.1 Å². The minimum absolute atomic E-state index is 0.0724. The molecule has 3 heteroatoms. The maximum atomic E-state index is 11.9. The predicted molar refractivity (Wildman–Crippen MR) is 80.0 cm³/mol. The lowest BCUT2D eigenvalue weighted by Gasteiger charge is -2.33. The number of rotatable bonds is 6. The fourth-order valence-corrected chi connectivity index (χ4v) is 1.97. The zero-order valence-electron chi connectivity index (χ0n) is 12.4. The average Bonchev–Trinajstić information content (AvgIpc) is 2.37. The van der Waals surface area contributed by atoms with Crippen molar-refractivity contribution in [3.63, 3.8) is 0 Å². The van der Waals surface area contributed by atoms with Crippen LogP contribution in [0.4, 0.5) is 0 Å². The van der Waals surface area contributed by atoms with E-state index in [1.807, 2.05) is 25.1 Å². The monoisotopic (exact) mass is 262 g/mol. The van der Waals surface area contributed by atoms with Gasteiger partial charge in [-0.3, -0.25) is 4.79 Å². The Kier molecular flexibility index (Phi) is 5.55. The summed E-state index contributed by atoms with van der Waals surface area (Å²) in [6, 6.07) is 10.4. The normalized spacial score (nSPS) is 14.8. The highest BCUT2D eigenvalue weighted by Crippen LogP contribution is 2.26. The van der Waals surface area contributed by atoms with Crippen LogP contribution in [-0.2, 0) is 10.2 Å². The molecule has 0 aliphatic rings. The Hall–Kier alpha value is -1.35. The van der Waals surface area contributed by atoms with Crippen molar-refractivity contribution >= 4 is 5.91 Å². The van der Waals surface area contributed by atoms with Crippen LogP contribution in [0.1, 0.15) is 46.1 Å². The Labute approximate surface area is 116 Å². The molecule has 106 valence electrons. The molecule has 0 aromatic heterocycles. The number of nitrogens with two attached hydrogens (primary N) is 1. The van der Waals surface area contributed by atoms with Crippen LogP contribution in [0, 0.1) is 0 Å². The zero-order valence-corrected chi connectivity index (χ0v) is 12.4. The molecule has 1 aromatic rings. The minimum Gasteiger partial charge on any atom is -0.353 e. The highest BCUT2D eigenvalue weighted by molar-refractivity contribution is 5.76. The van der Waals surface area contributed by atoms with Crippen molar-refractivity contribution in [1.29, 1.82) is 0 Å². The Bertz CT molecular complexity index is 398. The number of hydrogen-bond acceptors (Lipinski definition) is 2. The summed E-state index contributed by atoms with van der Waals surface area (Å²) >= 11 is 0. The third-order valence-electron chi connectivity index (χ3n) is 3.80. The Balaban J connectivity index is 2.61. The summed E-state index contributed by atoms with van der Waals surface area (Å²) in [5.74, 6) is 0.0776. The molecule has 0 aliphatic heterocycles. The molecule has 0 heterocycles. The van der Waals surface area contributed by atoms with Crippen molar-refractivity contribution in [2.24, 2.45) is 5.73 Å². The molecular weight excluding hydrogens is 236 g/mol. The van der Waals surface area contributed by atoms with Gasteiger partial charge in [0.25, 0.3) is 0 Å². The topological polar surface area (TPSA) is 55.1 Å². The van der Waals surface area contributed by atoms with Gasteiger partial charge in [-0.1, -0.05) is 44.2 Å². The summed E-state index contributed by atoms with van der Waals surface area (Å²) in [6.07, 6.45) is 1.22. The summed E-state index contributed by atoms with van der Waals surface area (Å²) in [7, 11) is 0. The molecule has 2 unspecified atom stereocenters. The van der Waals surface area contributed by atoms with Gasteiger partial charge in [0, 0.05) is 23.9 Å². The number of hydrogen-bond donors (Lipinski definition) is 2. The second kappa shape index (κ2) is 6.71. The molecule has 0 radical (unpaired) electrons. The molecule has 0 spiro atoms. The van der Waals surface area contributed by atoms with Crippen LogP contribution in [0.5, 0.6) is 0 Å². The molecule has 19 heavy (non-hydrogen) atoms. The molecule has 3 N–H and O–H groups in total. The van der Waals surface area contributed by atoms with Gasteiger partial charge in [0.1, 0.15) is 0 Å². The Morgan fingerprint density at radius 3 is 2.37 bits per heavy atom. The number of carbonyl (C=O) groups is 1. The molecule has 1 aromatic carbocycles. The standard InChI is InChI=1S/C16H26N2O/c1-12(17)10-11-15(19)18-13(2)16(3,4)14-8-6-5-7-9-14/h5-9,12-13H,10-11,17H2,1-4H3,(H,18,19). The third kappa shape index (κ3) is 4.67. The van der Waals surface area contributed by atoms with E-state index < -0.39 is 0 Å². The van der Waals surface area contributed by atoms with Crippen molar-refractivity contribution in [3.05, 3.63) is 35.9 Å². The highest BCUT2D eigenvalue weighted by atomic mass is 16.1. The summed E-state index contributed by atoms with van der Waals surface area (Å²) in [5, 5.41) is 3.08. The molecular formula is C16H26N2O. The van der Waals surface area contributed by atoms with E-state index in [9.17, 15) is 4.79 Å². The summed E-state index contributed by atoms with van der Waals surface area (Å²) in [6.45, 7) is 8.28. The minimum atomic E-state index is -0.0920. The van der Waals surface area contributed by atoms with Crippen LogP contribution in [0.25, 0.3) is 0 Å². The molecule has 3 nitrogen and oxygen atoms in total. The van der Waals surface area contributed by atoms with Crippen molar-refractivity contribution in [3.8, 4) is 0 Å². The number of amides is 1. The average molecular weight is 262 g/mol. The summed E-state index contributed by atoms with van der Waals surface area (Å²) in [4.78, 5) is 11.9. The van der Waals surface area contributed by atoms with Crippen LogP contribution in [0.3, 0.4) is 0 Å². The van der Waals surface area contributed by atoms with Gasteiger partial charge in [0.2, 0.25) is 5.91 Å². The maximum Gasteiger partial charge on any atom is 0.220 e. The maximum absolute atomic E-state index is 11.9. The Morgan fingerprint density at radius 1 is 1.26 bits per heavy atom. The second-order valence-corrected chi connectivity index (χ2v) is 5.89. The number of benzene rings is 1. The first-order chi connectivity index (χ1) is 8.84. The van der Waals surface area contributed by atoms with E-state index in [0.29, 0.717) is 6.42 Å². The zero-order chi connectivity index (χ0) is 14.5. The van der Waals surface area contributed by atoms with Gasteiger partial charge >= 0.3 is 0 Å².